The highest BCUT2D eigenvalue weighted by molar-refractivity contribution is 6.39. The van der Waals surface area contributed by atoms with Crippen LogP contribution in [0.25, 0.3) is 11.3 Å². The van der Waals surface area contributed by atoms with Crippen molar-refractivity contribution in [1.29, 1.82) is 0 Å². The van der Waals surface area contributed by atoms with Crippen LogP contribution in [0.2, 0.25) is 0 Å². The lowest BCUT2D eigenvalue weighted by atomic mass is 9.93. The molecule has 1 fully saturated rings. The van der Waals surface area contributed by atoms with Gasteiger partial charge in [0.15, 0.2) is 5.78 Å². The van der Waals surface area contributed by atoms with E-state index in [1.54, 1.807) is 7.11 Å². The van der Waals surface area contributed by atoms with Crippen molar-refractivity contribution < 1.29 is 9.53 Å². The van der Waals surface area contributed by atoms with Crippen molar-refractivity contribution in [2.24, 2.45) is 0 Å². The van der Waals surface area contributed by atoms with Gasteiger partial charge in [-0.3, -0.25) is 4.79 Å². The highest BCUT2D eigenvalue weighted by atomic mass is 16.5. The van der Waals surface area contributed by atoms with Crippen molar-refractivity contribution in [2.45, 2.75) is 38.1 Å². The second-order valence-electron chi connectivity index (χ2n) is 7.23. The SMILES string of the molecule is COc1ccc(C2=C(N(C)C3CCCCC3)c3ccccc3C2=O)cc1. The molecule has 2 aliphatic carbocycles. The van der Waals surface area contributed by atoms with E-state index < -0.39 is 0 Å². The highest BCUT2D eigenvalue weighted by Crippen LogP contribution is 2.42. The molecule has 0 aromatic heterocycles. The van der Waals surface area contributed by atoms with Crippen molar-refractivity contribution in [1.82, 2.24) is 4.90 Å². The molecule has 0 heterocycles. The minimum atomic E-state index is 0.128. The Morgan fingerprint density at radius 3 is 2.23 bits per heavy atom. The van der Waals surface area contributed by atoms with Gasteiger partial charge < -0.3 is 9.64 Å². The molecule has 0 saturated heterocycles. The summed E-state index contributed by atoms with van der Waals surface area (Å²) in [6, 6.07) is 16.4. The normalized spacial score (nSPS) is 17.4. The molecular weight excluding hydrogens is 322 g/mol. The molecule has 134 valence electrons. The summed E-state index contributed by atoms with van der Waals surface area (Å²) in [7, 11) is 3.82. The highest BCUT2D eigenvalue weighted by Gasteiger charge is 2.34. The first-order valence-corrected chi connectivity index (χ1v) is 9.46. The Morgan fingerprint density at radius 2 is 1.58 bits per heavy atom. The van der Waals surface area contributed by atoms with Gasteiger partial charge in [0.25, 0.3) is 0 Å². The van der Waals surface area contributed by atoms with Crippen molar-refractivity contribution >= 4 is 17.1 Å². The summed E-state index contributed by atoms with van der Waals surface area (Å²) in [4.78, 5) is 15.6. The fourth-order valence-corrected chi connectivity index (χ4v) is 4.31. The number of carbonyl (C=O) groups excluding carboxylic acids is 1. The van der Waals surface area contributed by atoms with Crippen LogP contribution in [-0.2, 0) is 0 Å². The zero-order valence-electron chi connectivity index (χ0n) is 15.5. The minimum absolute atomic E-state index is 0.128. The second kappa shape index (κ2) is 6.99. The third-order valence-corrected chi connectivity index (χ3v) is 5.74. The average Bonchev–Trinajstić information content (AvgIpc) is 3.01. The van der Waals surface area contributed by atoms with E-state index in [-0.39, 0.29) is 5.78 Å². The third kappa shape index (κ3) is 2.82. The molecule has 2 aromatic rings. The van der Waals surface area contributed by atoms with E-state index >= 15 is 0 Å². The molecule has 0 aliphatic heterocycles. The monoisotopic (exact) mass is 347 g/mol. The summed E-state index contributed by atoms with van der Waals surface area (Å²) >= 11 is 0. The van der Waals surface area contributed by atoms with E-state index in [2.05, 4.69) is 18.0 Å². The van der Waals surface area contributed by atoms with Crippen LogP contribution in [0, 0.1) is 0 Å². The summed E-state index contributed by atoms with van der Waals surface area (Å²) in [5.74, 6) is 0.933. The smallest absolute Gasteiger partial charge is 0.196 e. The first-order valence-electron chi connectivity index (χ1n) is 9.46. The van der Waals surface area contributed by atoms with Crippen LogP contribution in [0.1, 0.15) is 53.6 Å². The van der Waals surface area contributed by atoms with Crippen LogP contribution in [0.3, 0.4) is 0 Å². The van der Waals surface area contributed by atoms with Crippen LogP contribution in [0.4, 0.5) is 0 Å². The topological polar surface area (TPSA) is 29.5 Å². The first-order chi connectivity index (χ1) is 12.7. The molecule has 26 heavy (non-hydrogen) atoms. The summed E-state index contributed by atoms with van der Waals surface area (Å²) in [6.07, 6.45) is 6.27. The fraction of sp³-hybridized carbons (Fsp3) is 0.348. The van der Waals surface area contributed by atoms with Crippen molar-refractivity contribution in [3.8, 4) is 5.75 Å². The number of benzene rings is 2. The predicted molar refractivity (Wildman–Crippen MR) is 105 cm³/mol. The molecule has 0 spiro atoms. The molecular formula is C23H25NO2. The molecule has 3 heteroatoms. The Kier molecular flexibility index (Phi) is 4.54. The van der Waals surface area contributed by atoms with Gasteiger partial charge in [-0.05, 0) is 30.5 Å². The number of rotatable bonds is 4. The van der Waals surface area contributed by atoms with Gasteiger partial charge in [0.05, 0.1) is 18.4 Å². The van der Waals surface area contributed by atoms with Crippen molar-refractivity contribution in [3.05, 3.63) is 65.2 Å². The van der Waals surface area contributed by atoms with Crippen LogP contribution in [0.5, 0.6) is 5.75 Å². The Morgan fingerprint density at radius 1 is 0.923 bits per heavy atom. The van der Waals surface area contributed by atoms with Crippen LogP contribution in [-0.4, -0.2) is 30.9 Å². The lowest BCUT2D eigenvalue weighted by Crippen LogP contribution is -2.32. The molecule has 4 rings (SSSR count). The predicted octanol–water partition coefficient (Wildman–Crippen LogP) is 5.02. The van der Waals surface area contributed by atoms with Crippen LogP contribution >= 0.6 is 0 Å². The van der Waals surface area contributed by atoms with Gasteiger partial charge in [0.1, 0.15) is 5.75 Å². The number of ether oxygens (including phenoxy) is 1. The molecule has 0 N–H and O–H groups in total. The van der Waals surface area contributed by atoms with E-state index in [0.717, 1.165) is 33.7 Å². The zero-order valence-corrected chi connectivity index (χ0v) is 15.5. The van der Waals surface area contributed by atoms with E-state index in [9.17, 15) is 4.79 Å². The number of allylic oxidation sites excluding steroid dienone is 1. The minimum Gasteiger partial charge on any atom is -0.497 e. The molecule has 0 radical (unpaired) electrons. The van der Waals surface area contributed by atoms with Crippen molar-refractivity contribution in [2.75, 3.05) is 14.2 Å². The lowest BCUT2D eigenvalue weighted by Gasteiger charge is -2.34. The number of nitrogens with zero attached hydrogens (tertiary/aromatic N) is 1. The van der Waals surface area contributed by atoms with E-state index in [0.29, 0.717) is 6.04 Å². The Bertz CT molecular complexity index is 845. The van der Waals surface area contributed by atoms with E-state index in [1.165, 1.54) is 32.1 Å². The van der Waals surface area contributed by atoms with E-state index in [1.807, 2.05) is 42.5 Å². The van der Waals surface area contributed by atoms with Gasteiger partial charge in [-0.1, -0.05) is 55.7 Å². The van der Waals surface area contributed by atoms with Gasteiger partial charge in [-0.25, -0.2) is 0 Å². The maximum absolute atomic E-state index is 13.2. The Labute approximate surface area is 155 Å². The molecule has 2 aromatic carbocycles. The number of hydrogen-bond acceptors (Lipinski definition) is 3. The van der Waals surface area contributed by atoms with Crippen molar-refractivity contribution in [3.63, 3.8) is 0 Å². The maximum Gasteiger partial charge on any atom is 0.196 e. The molecule has 1 saturated carbocycles. The summed E-state index contributed by atoms with van der Waals surface area (Å²) in [5.41, 5.74) is 4.75. The van der Waals surface area contributed by atoms with E-state index in [4.69, 9.17) is 4.74 Å². The number of fused-ring (bicyclic) bond motifs is 1. The summed E-state index contributed by atoms with van der Waals surface area (Å²) in [5, 5.41) is 0. The number of methoxy groups -OCH3 is 1. The summed E-state index contributed by atoms with van der Waals surface area (Å²) < 4.78 is 5.28. The quantitative estimate of drug-likeness (QED) is 0.777. The molecule has 0 amide bonds. The molecule has 3 nitrogen and oxygen atoms in total. The standard InChI is InChI=1S/C23H25NO2/c1-24(17-8-4-3-5-9-17)22-19-10-6-7-11-20(19)23(25)21(22)16-12-14-18(26-2)15-13-16/h6-7,10-15,17H,3-5,8-9H2,1-2H3. The van der Waals surface area contributed by atoms with Crippen LogP contribution < -0.4 is 4.74 Å². The van der Waals surface area contributed by atoms with Crippen LogP contribution in [0.15, 0.2) is 48.5 Å². The fourth-order valence-electron chi connectivity index (χ4n) is 4.31. The number of carbonyl (C=O) groups is 1. The third-order valence-electron chi connectivity index (χ3n) is 5.74. The Hall–Kier alpha value is -2.55. The van der Waals surface area contributed by atoms with Gasteiger partial charge in [-0.15, -0.1) is 0 Å². The average molecular weight is 347 g/mol. The summed E-state index contributed by atoms with van der Waals surface area (Å²) in [6.45, 7) is 0. The zero-order chi connectivity index (χ0) is 18.1. The first kappa shape index (κ1) is 16.9. The molecule has 0 bridgehead atoms. The largest absolute Gasteiger partial charge is 0.497 e. The van der Waals surface area contributed by atoms with Gasteiger partial charge in [0, 0.05) is 24.2 Å². The Balaban J connectivity index is 1.83. The lowest BCUT2D eigenvalue weighted by molar-refractivity contribution is 0.105. The van der Waals surface area contributed by atoms with Gasteiger partial charge in [0.2, 0.25) is 0 Å². The number of ketones is 1. The maximum atomic E-state index is 13.2. The number of hydrogen-bond donors (Lipinski definition) is 0. The number of Topliss-reactive ketones (excluding diaryl/α,β-unsaturated/α-hetero) is 1. The second-order valence-corrected chi connectivity index (χ2v) is 7.23. The van der Waals surface area contributed by atoms with Gasteiger partial charge >= 0.3 is 0 Å². The molecule has 0 unspecified atom stereocenters. The molecule has 0 atom stereocenters. The van der Waals surface area contributed by atoms with Gasteiger partial charge in [-0.2, -0.15) is 0 Å². The molecule has 2 aliphatic rings.